The Hall–Kier alpha value is -3.31. The van der Waals surface area contributed by atoms with Crippen LogP contribution in [0.5, 0.6) is 0 Å². The standard InChI is InChI=1S/C21H24FN9O/c1-23-20-19-14(16-5-9-30-18(25-16)2-6-24-30)3-8-31(19)28-21(27-20)26-17-4-7-29(10-15(17)22)13-11-32-12-13/h2-3,5-6,8-9,13,15,17H,4,7,10-12H2,1H3,(H2,23,26,27,28)/t15-,17+/m0/s1. The molecule has 2 fully saturated rings. The Morgan fingerprint density at radius 1 is 1.12 bits per heavy atom. The molecule has 6 heterocycles. The molecule has 0 amide bonds. The lowest BCUT2D eigenvalue weighted by molar-refractivity contribution is -0.0794. The first kappa shape index (κ1) is 19.4. The first-order valence-electron chi connectivity index (χ1n) is 10.8. The minimum atomic E-state index is -0.992. The summed E-state index contributed by atoms with van der Waals surface area (Å²) in [6.45, 7) is 2.65. The molecule has 2 saturated heterocycles. The first-order chi connectivity index (χ1) is 15.7. The van der Waals surface area contributed by atoms with Crippen LogP contribution in [-0.2, 0) is 4.74 Å². The van der Waals surface area contributed by atoms with Gasteiger partial charge in [0.25, 0.3) is 0 Å². The highest BCUT2D eigenvalue weighted by Gasteiger charge is 2.35. The third-order valence-electron chi connectivity index (χ3n) is 6.31. The molecule has 2 atom stereocenters. The van der Waals surface area contributed by atoms with Crippen molar-refractivity contribution >= 4 is 22.9 Å². The normalized spacial score (nSPS) is 22.3. The van der Waals surface area contributed by atoms with Crippen molar-refractivity contribution in [2.24, 2.45) is 0 Å². The molecule has 2 aliphatic rings. The number of nitrogens with zero attached hydrogens (tertiary/aromatic N) is 7. The Bertz CT molecular complexity index is 1270. The molecule has 0 bridgehead atoms. The highest BCUT2D eigenvalue weighted by molar-refractivity contribution is 5.87. The molecule has 6 rings (SSSR count). The molecule has 2 aliphatic heterocycles. The van der Waals surface area contributed by atoms with E-state index in [1.807, 2.05) is 37.6 Å². The Kier molecular flexibility index (Phi) is 4.65. The summed E-state index contributed by atoms with van der Waals surface area (Å²) in [5, 5.41) is 15.2. The fourth-order valence-electron chi connectivity index (χ4n) is 4.45. The fraction of sp³-hybridized carbons (Fsp3) is 0.429. The van der Waals surface area contributed by atoms with Gasteiger partial charge in [0.2, 0.25) is 5.95 Å². The highest BCUT2D eigenvalue weighted by Crippen LogP contribution is 2.30. The zero-order valence-electron chi connectivity index (χ0n) is 17.6. The van der Waals surface area contributed by atoms with E-state index in [9.17, 15) is 4.39 Å². The van der Waals surface area contributed by atoms with Crippen molar-refractivity contribution < 1.29 is 9.13 Å². The topological polar surface area (TPSA) is 96.9 Å². The molecule has 0 radical (unpaired) electrons. The van der Waals surface area contributed by atoms with Crippen LogP contribution in [-0.4, -0.2) is 85.7 Å². The van der Waals surface area contributed by atoms with Gasteiger partial charge in [0, 0.05) is 44.2 Å². The van der Waals surface area contributed by atoms with E-state index in [2.05, 4.69) is 35.7 Å². The zero-order chi connectivity index (χ0) is 21.7. The van der Waals surface area contributed by atoms with E-state index in [1.165, 1.54) is 0 Å². The third kappa shape index (κ3) is 3.24. The maximum Gasteiger partial charge on any atom is 0.243 e. The fourth-order valence-corrected chi connectivity index (χ4v) is 4.45. The number of aromatic nitrogens is 6. The van der Waals surface area contributed by atoms with Gasteiger partial charge in [0.15, 0.2) is 11.5 Å². The smallest absolute Gasteiger partial charge is 0.243 e. The number of hydrogen-bond donors (Lipinski definition) is 2. The molecule has 11 heteroatoms. The lowest BCUT2D eigenvalue weighted by atomic mass is 10.0. The summed E-state index contributed by atoms with van der Waals surface area (Å²) in [5.74, 6) is 1.05. The van der Waals surface area contributed by atoms with Crippen molar-refractivity contribution in [1.29, 1.82) is 0 Å². The average molecular weight is 437 g/mol. The minimum Gasteiger partial charge on any atom is -0.378 e. The van der Waals surface area contributed by atoms with Gasteiger partial charge in [-0.3, -0.25) is 4.90 Å². The minimum absolute atomic E-state index is 0.324. The van der Waals surface area contributed by atoms with Crippen LogP contribution in [0.15, 0.2) is 36.8 Å². The molecule has 10 nitrogen and oxygen atoms in total. The van der Waals surface area contributed by atoms with Crippen LogP contribution in [0.4, 0.5) is 16.2 Å². The van der Waals surface area contributed by atoms with Crippen molar-refractivity contribution in [2.45, 2.75) is 24.7 Å². The molecule has 0 aromatic carbocycles. The Labute approximate surface area is 183 Å². The van der Waals surface area contributed by atoms with Crippen LogP contribution in [0.3, 0.4) is 0 Å². The number of fused-ring (bicyclic) bond motifs is 2. The molecule has 4 aromatic rings. The summed E-state index contributed by atoms with van der Waals surface area (Å²) in [5.41, 5.74) is 3.29. The van der Waals surface area contributed by atoms with Crippen molar-refractivity contribution in [1.82, 2.24) is 34.1 Å². The summed E-state index contributed by atoms with van der Waals surface area (Å²) in [6, 6.07) is 5.76. The Morgan fingerprint density at radius 2 is 2.00 bits per heavy atom. The van der Waals surface area contributed by atoms with Crippen LogP contribution in [0.2, 0.25) is 0 Å². The van der Waals surface area contributed by atoms with E-state index < -0.39 is 6.17 Å². The molecular weight excluding hydrogens is 413 g/mol. The molecular formula is C21H24FN9O. The van der Waals surface area contributed by atoms with E-state index in [1.54, 1.807) is 15.2 Å². The van der Waals surface area contributed by atoms with Gasteiger partial charge in [-0.25, -0.2) is 18.4 Å². The van der Waals surface area contributed by atoms with Gasteiger partial charge >= 0.3 is 0 Å². The second-order valence-corrected chi connectivity index (χ2v) is 8.25. The van der Waals surface area contributed by atoms with Crippen LogP contribution in [0, 0.1) is 0 Å². The van der Waals surface area contributed by atoms with E-state index >= 15 is 0 Å². The Balaban J connectivity index is 1.28. The monoisotopic (exact) mass is 437 g/mol. The summed E-state index contributed by atoms with van der Waals surface area (Å²) in [4.78, 5) is 11.5. The SMILES string of the molecule is CNc1nc(N[C@@H]2CCN(C3COC3)C[C@@H]2F)nn2ccc(-c3ccn4nccc4n3)c12. The lowest BCUT2D eigenvalue weighted by Crippen LogP contribution is -2.57. The van der Waals surface area contributed by atoms with Gasteiger partial charge in [0.1, 0.15) is 11.7 Å². The lowest BCUT2D eigenvalue weighted by Gasteiger charge is -2.42. The average Bonchev–Trinajstić information content (AvgIpc) is 3.40. The molecule has 166 valence electrons. The van der Waals surface area contributed by atoms with Crippen molar-refractivity contribution in [3.8, 4) is 11.3 Å². The number of alkyl halides is 1. The molecule has 4 aromatic heterocycles. The van der Waals surface area contributed by atoms with Crippen LogP contribution >= 0.6 is 0 Å². The quantitative estimate of drug-likeness (QED) is 0.487. The molecule has 0 unspecified atom stereocenters. The van der Waals surface area contributed by atoms with E-state index in [0.29, 0.717) is 44.0 Å². The number of halogens is 1. The molecule has 0 saturated carbocycles. The second kappa shape index (κ2) is 7.68. The maximum atomic E-state index is 14.9. The van der Waals surface area contributed by atoms with E-state index in [0.717, 1.165) is 29.0 Å². The summed E-state index contributed by atoms with van der Waals surface area (Å²) in [7, 11) is 1.81. The summed E-state index contributed by atoms with van der Waals surface area (Å²) < 4.78 is 23.6. The first-order valence-corrected chi connectivity index (χ1v) is 10.8. The number of rotatable bonds is 5. The number of piperidine rings is 1. The third-order valence-corrected chi connectivity index (χ3v) is 6.31. The highest BCUT2D eigenvalue weighted by atomic mass is 19.1. The molecule has 0 spiro atoms. The number of ether oxygens (including phenoxy) is 1. The van der Waals surface area contributed by atoms with Gasteiger partial charge < -0.3 is 15.4 Å². The second-order valence-electron chi connectivity index (χ2n) is 8.25. The largest absolute Gasteiger partial charge is 0.378 e. The molecule has 32 heavy (non-hydrogen) atoms. The molecule has 0 aliphatic carbocycles. The van der Waals surface area contributed by atoms with Gasteiger partial charge in [-0.05, 0) is 18.6 Å². The van der Waals surface area contributed by atoms with Crippen molar-refractivity contribution in [2.75, 3.05) is 44.0 Å². The Morgan fingerprint density at radius 3 is 2.78 bits per heavy atom. The van der Waals surface area contributed by atoms with E-state index in [4.69, 9.17) is 4.74 Å². The van der Waals surface area contributed by atoms with Gasteiger partial charge in [0.05, 0.1) is 37.2 Å². The predicted molar refractivity (Wildman–Crippen MR) is 118 cm³/mol. The van der Waals surface area contributed by atoms with Crippen molar-refractivity contribution in [3.63, 3.8) is 0 Å². The number of likely N-dealkylation sites (tertiary alicyclic amines) is 1. The van der Waals surface area contributed by atoms with Crippen LogP contribution in [0.25, 0.3) is 22.4 Å². The number of anilines is 2. The van der Waals surface area contributed by atoms with Crippen LogP contribution < -0.4 is 10.6 Å². The van der Waals surface area contributed by atoms with Gasteiger partial charge in [-0.1, -0.05) is 0 Å². The van der Waals surface area contributed by atoms with Crippen LogP contribution in [0.1, 0.15) is 6.42 Å². The molecule has 2 N–H and O–H groups in total. The maximum absolute atomic E-state index is 14.9. The zero-order valence-corrected chi connectivity index (χ0v) is 17.6. The number of hydrogen-bond acceptors (Lipinski definition) is 8. The number of nitrogens with one attached hydrogen (secondary N) is 2. The summed E-state index contributed by atoms with van der Waals surface area (Å²) in [6.07, 6.45) is 5.16. The summed E-state index contributed by atoms with van der Waals surface area (Å²) >= 11 is 0. The van der Waals surface area contributed by atoms with Gasteiger partial charge in [-0.2, -0.15) is 10.1 Å². The van der Waals surface area contributed by atoms with Crippen molar-refractivity contribution in [3.05, 3.63) is 36.8 Å². The van der Waals surface area contributed by atoms with E-state index in [-0.39, 0.29) is 6.04 Å². The van der Waals surface area contributed by atoms with Gasteiger partial charge in [-0.15, -0.1) is 5.10 Å². The predicted octanol–water partition coefficient (Wildman–Crippen LogP) is 1.70.